The zero-order valence-electron chi connectivity index (χ0n) is 13.5. The first-order chi connectivity index (χ1) is 10.8. The van der Waals surface area contributed by atoms with E-state index in [0.717, 1.165) is 11.1 Å². The number of hydrogen-bond donors (Lipinski definition) is 2. The first-order valence-corrected chi connectivity index (χ1v) is 7.68. The highest BCUT2D eigenvalue weighted by Gasteiger charge is 2.14. The molecule has 0 aliphatic heterocycles. The fourth-order valence-electron chi connectivity index (χ4n) is 2.13. The molecule has 0 heterocycles. The average Bonchev–Trinajstić information content (AvgIpc) is 2.48. The Bertz CT molecular complexity index is 719. The Kier molecular flexibility index (Phi) is 5.06. The van der Waals surface area contributed by atoms with Crippen LogP contribution in [0.1, 0.15) is 37.5 Å². The summed E-state index contributed by atoms with van der Waals surface area (Å²) in [5.74, 6) is -0.0808. The first kappa shape index (κ1) is 17.0. The van der Waals surface area contributed by atoms with Crippen LogP contribution < -0.4 is 11.5 Å². The quantitative estimate of drug-likeness (QED) is 0.512. The Morgan fingerprint density at radius 2 is 1.30 bits per heavy atom. The Morgan fingerprint density at radius 1 is 0.826 bits per heavy atom. The highest BCUT2D eigenvalue weighted by atomic mass is 35.5. The molecule has 4 nitrogen and oxygen atoms in total. The number of nitrogens with two attached hydrogens (primary N) is 2. The van der Waals surface area contributed by atoms with Crippen LogP contribution in [-0.2, 0) is 5.41 Å². The average molecular weight is 329 g/mol. The predicted molar refractivity (Wildman–Crippen MR) is 98.0 cm³/mol. The van der Waals surface area contributed by atoms with Crippen molar-refractivity contribution in [1.82, 2.24) is 0 Å². The molecule has 0 saturated heterocycles. The van der Waals surface area contributed by atoms with Crippen molar-refractivity contribution in [3.63, 3.8) is 0 Å². The van der Waals surface area contributed by atoms with Gasteiger partial charge in [0, 0.05) is 16.1 Å². The molecule has 23 heavy (non-hydrogen) atoms. The highest BCUT2D eigenvalue weighted by molar-refractivity contribution is 6.30. The second kappa shape index (κ2) is 6.84. The lowest BCUT2D eigenvalue weighted by Crippen LogP contribution is -2.22. The number of rotatable bonds is 3. The van der Waals surface area contributed by atoms with Crippen molar-refractivity contribution in [2.75, 3.05) is 0 Å². The maximum atomic E-state index is 5.95. The summed E-state index contributed by atoms with van der Waals surface area (Å²) in [4.78, 5) is 0. The number of nitrogens with zero attached hydrogens (tertiary/aromatic N) is 2. The zero-order chi connectivity index (χ0) is 17.0. The van der Waals surface area contributed by atoms with Gasteiger partial charge in [0.2, 0.25) is 5.96 Å². The molecular formula is C18H21ClN4. The molecule has 2 aromatic rings. The summed E-state index contributed by atoms with van der Waals surface area (Å²) in [6, 6.07) is 15.6. The van der Waals surface area contributed by atoms with Gasteiger partial charge in [0.15, 0.2) is 0 Å². The van der Waals surface area contributed by atoms with Gasteiger partial charge in [0.1, 0.15) is 5.71 Å². The van der Waals surface area contributed by atoms with Crippen LogP contribution in [0.15, 0.2) is 58.7 Å². The van der Waals surface area contributed by atoms with Gasteiger partial charge in [-0.25, -0.2) is 0 Å². The molecule has 0 aromatic heterocycles. The van der Waals surface area contributed by atoms with E-state index < -0.39 is 0 Å². The van der Waals surface area contributed by atoms with Crippen LogP contribution >= 0.6 is 11.6 Å². The van der Waals surface area contributed by atoms with Crippen LogP contribution in [0.5, 0.6) is 0 Å². The van der Waals surface area contributed by atoms with Crippen LogP contribution in [0.3, 0.4) is 0 Å². The maximum Gasteiger partial charge on any atom is 0.211 e. The van der Waals surface area contributed by atoms with Crippen molar-refractivity contribution in [1.29, 1.82) is 0 Å². The third-order valence-electron chi connectivity index (χ3n) is 3.41. The van der Waals surface area contributed by atoms with Crippen LogP contribution in [0.4, 0.5) is 0 Å². The van der Waals surface area contributed by atoms with Gasteiger partial charge >= 0.3 is 0 Å². The Labute approximate surface area is 141 Å². The molecule has 0 radical (unpaired) electrons. The second-order valence-electron chi connectivity index (χ2n) is 6.31. The lowest BCUT2D eigenvalue weighted by Gasteiger charge is -2.19. The van der Waals surface area contributed by atoms with Gasteiger partial charge in [0.05, 0.1) is 0 Å². The third kappa shape index (κ3) is 4.57. The fraction of sp³-hybridized carbons (Fsp3) is 0.222. The van der Waals surface area contributed by atoms with Crippen molar-refractivity contribution in [3.8, 4) is 0 Å². The molecule has 0 saturated carbocycles. The number of hydrogen-bond acceptors (Lipinski definition) is 2. The smallest absolute Gasteiger partial charge is 0.211 e. The van der Waals surface area contributed by atoms with Crippen molar-refractivity contribution in [2.24, 2.45) is 21.7 Å². The minimum Gasteiger partial charge on any atom is -0.369 e. The van der Waals surface area contributed by atoms with Gasteiger partial charge in [-0.05, 0) is 23.1 Å². The molecule has 0 bridgehead atoms. The van der Waals surface area contributed by atoms with E-state index in [1.54, 1.807) is 0 Å². The van der Waals surface area contributed by atoms with E-state index in [4.69, 9.17) is 23.1 Å². The molecule has 0 spiro atoms. The highest BCUT2D eigenvalue weighted by Crippen LogP contribution is 2.23. The SMILES string of the molecule is CC(C)(C)c1ccc(/C(=N\N=C(N)N)c2ccc(Cl)cc2)cc1. The molecule has 0 aliphatic rings. The number of halogens is 1. The minimum absolute atomic E-state index is 0.0808. The molecule has 0 fully saturated rings. The van der Waals surface area contributed by atoms with Crippen LogP contribution in [0.2, 0.25) is 5.02 Å². The summed E-state index contributed by atoms with van der Waals surface area (Å²) in [6.07, 6.45) is 0. The second-order valence-corrected chi connectivity index (χ2v) is 6.74. The molecule has 0 unspecified atom stereocenters. The summed E-state index contributed by atoms with van der Waals surface area (Å²) in [5, 5.41) is 8.66. The van der Waals surface area contributed by atoms with Crippen molar-refractivity contribution < 1.29 is 0 Å². The van der Waals surface area contributed by atoms with E-state index in [-0.39, 0.29) is 11.4 Å². The van der Waals surface area contributed by atoms with E-state index in [2.05, 4.69) is 43.1 Å². The summed E-state index contributed by atoms with van der Waals surface area (Å²) in [6.45, 7) is 6.53. The summed E-state index contributed by atoms with van der Waals surface area (Å²) in [5.41, 5.74) is 14.7. The monoisotopic (exact) mass is 328 g/mol. The van der Waals surface area contributed by atoms with Crippen molar-refractivity contribution in [2.45, 2.75) is 26.2 Å². The zero-order valence-corrected chi connectivity index (χ0v) is 14.3. The molecule has 2 aromatic carbocycles. The maximum absolute atomic E-state index is 5.95. The van der Waals surface area contributed by atoms with E-state index in [0.29, 0.717) is 10.7 Å². The predicted octanol–water partition coefficient (Wildman–Crippen LogP) is 3.66. The lowest BCUT2D eigenvalue weighted by molar-refractivity contribution is 0.590. The van der Waals surface area contributed by atoms with Crippen LogP contribution in [0.25, 0.3) is 0 Å². The van der Waals surface area contributed by atoms with Gasteiger partial charge in [-0.2, -0.15) is 0 Å². The molecule has 0 amide bonds. The van der Waals surface area contributed by atoms with E-state index in [1.165, 1.54) is 5.56 Å². The Hall–Kier alpha value is -2.33. The minimum atomic E-state index is -0.0808. The van der Waals surface area contributed by atoms with E-state index >= 15 is 0 Å². The van der Waals surface area contributed by atoms with Gasteiger partial charge < -0.3 is 11.5 Å². The van der Waals surface area contributed by atoms with Crippen LogP contribution in [0, 0.1) is 0 Å². The molecule has 120 valence electrons. The number of benzene rings is 2. The summed E-state index contributed by atoms with van der Waals surface area (Å²) < 4.78 is 0. The van der Waals surface area contributed by atoms with Crippen LogP contribution in [-0.4, -0.2) is 11.7 Å². The summed E-state index contributed by atoms with van der Waals surface area (Å²) >= 11 is 5.95. The number of guanidine groups is 1. The Morgan fingerprint density at radius 3 is 1.74 bits per heavy atom. The first-order valence-electron chi connectivity index (χ1n) is 7.31. The molecule has 4 N–H and O–H groups in total. The molecule has 0 atom stereocenters. The normalized spacial score (nSPS) is 12.1. The van der Waals surface area contributed by atoms with E-state index in [9.17, 15) is 0 Å². The largest absolute Gasteiger partial charge is 0.369 e. The molecule has 5 heteroatoms. The van der Waals surface area contributed by atoms with Gasteiger partial charge in [-0.1, -0.05) is 68.8 Å². The molecular weight excluding hydrogens is 308 g/mol. The van der Waals surface area contributed by atoms with E-state index in [1.807, 2.05) is 36.4 Å². The fourth-order valence-corrected chi connectivity index (χ4v) is 2.25. The van der Waals surface area contributed by atoms with Gasteiger partial charge in [-0.3, -0.25) is 0 Å². The third-order valence-corrected chi connectivity index (χ3v) is 3.66. The standard InChI is InChI=1S/C18H21ClN4/c1-18(2,3)14-8-4-12(5-9-14)16(22-23-17(20)21)13-6-10-15(19)11-7-13/h4-11H,1-3H3,(H4,20,21,23)/b22-16+. The Balaban J connectivity index is 2.48. The topological polar surface area (TPSA) is 76.8 Å². The molecule has 2 rings (SSSR count). The van der Waals surface area contributed by atoms with Gasteiger partial charge in [-0.15, -0.1) is 10.2 Å². The molecule has 0 aliphatic carbocycles. The van der Waals surface area contributed by atoms with Crippen molar-refractivity contribution in [3.05, 3.63) is 70.2 Å². The summed E-state index contributed by atoms with van der Waals surface area (Å²) in [7, 11) is 0. The lowest BCUT2D eigenvalue weighted by atomic mass is 9.86. The van der Waals surface area contributed by atoms with Gasteiger partial charge in [0.25, 0.3) is 0 Å². The van der Waals surface area contributed by atoms with Crippen molar-refractivity contribution >= 4 is 23.3 Å².